The Kier molecular flexibility index (Phi) is 3.80. The lowest BCUT2D eigenvalue weighted by Crippen LogP contribution is -2.40. The molecule has 1 fully saturated rings. The Balaban J connectivity index is 1.96. The zero-order valence-electron chi connectivity index (χ0n) is 10.9. The lowest BCUT2D eigenvalue weighted by Gasteiger charge is -2.14. The Morgan fingerprint density at radius 1 is 1.33 bits per heavy atom. The van der Waals surface area contributed by atoms with Crippen molar-refractivity contribution in [3.63, 3.8) is 0 Å². The van der Waals surface area contributed by atoms with E-state index in [0.29, 0.717) is 18.4 Å². The highest BCUT2D eigenvalue weighted by Gasteiger charge is 2.54. The second-order valence-electron chi connectivity index (χ2n) is 4.94. The van der Waals surface area contributed by atoms with E-state index in [1.165, 1.54) is 12.1 Å². The molecule has 0 atom stereocenters. The van der Waals surface area contributed by atoms with Crippen molar-refractivity contribution in [2.24, 2.45) is 16.3 Å². The maximum atomic E-state index is 12.4. The zero-order chi connectivity index (χ0) is 15.7. The molecule has 1 saturated carbocycles. The van der Waals surface area contributed by atoms with Crippen LogP contribution in [-0.2, 0) is 17.5 Å². The summed E-state index contributed by atoms with van der Waals surface area (Å²) in [5, 5.41) is 14.1. The van der Waals surface area contributed by atoms with Gasteiger partial charge in [0.15, 0.2) is 5.84 Å². The summed E-state index contributed by atoms with van der Waals surface area (Å²) in [4.78, 5) is 12.0. The summed E-state index contributed by atoms with van der Waals surface area (Å²) >= 11 is 0. The fourth-order valence-electron chi connectivity index (χ4n) is 1.98. The lowest BCUT2D eigenvalue weighted by molar-refractivity contribution is -0.137. The van der Waals surface area contributed by atoms with E-state index in [-0.39, 0.29) is 12.4 Å². The molecule has 0 bridgehead atoms. The number of amidine groups is 1. The van der Waals surface area contributed by atoms with Gasteiger partial charge in [0.05, 0.1) is 5.56 Å². The largest absolute Gasteiger partial charge is 0.416 e. The molecule has 0 radical (unpaired) electrons. The van der Waals surface area contributed by atoms with Crippen LogP contribution in [0.15, 0.2) is 29.4 Å². The van der Waals surface area contributed by atoms with E-state index in [0.717, 1.165) is 12.1 Å². The summed E-state index contributed by atoms with van der Waals surface area (Å²) in [5.74, 6) is -0.537. The molecule has 1 aromatic rings. The van der Waals surface area contributed by atoms with Crippen LogP contribution in [0.25, 0.3) is 0 Å². The molecule has 114 valence electrons. The summed E-state index contributed by atoms with van der Waals surface area (Å²) in [7, 11) is 0. The van der Waals surface area contributed by atoms with Crippen molar-refractivity contribution in [3.8, 4) is 0 Å². The van der Waals surface area contributed by atoms with Crippen molar-refractivity contribution in [2.45, 2.75) is 25.6 Å². The average Bonchev–Trinajstić information content (AvgIpc) is 3.25. The third-order valence-corrected chi connectivity index (χ3v) is 3.52. The number of carbonyl (C=O) groups is 1. The number of nitrogens with two attached hydrogens (primary N) is 1. The minimum absolute atomic E-state index is 0.0808. The van der Waals surface area contributed by atoms with Gasteiger partial charge < -0.3 is 16.3 Å². The number of rotatable bonds is 4. The van der Waals surface area contributed by atoms with E-state index in [1.807, 2.05) is 0 Å². The van der Waals surface area contributed by atoms with Crippen molar-refractivity contribution < 1.29 is 23.2 Å². The number of nitrogens with one attached hydrogen (secondary N) is 1. The van der Waals surface area contributed by atoms with Gasteiger partial charge in [-0.1, -0.05) is 17.3 Å². The minimum Gasteiger partial charge on any atom is -0.409 e. The van der Waals surface area contributed by atoms with Crippen molar-refractivity contribution in [3.05, 3.63) is 35.4 Å². The fraction of sp³-hybridized carbons (Fsp3) is 0.385. The van der Waals surface area contributed by atoms with Crippen LogP contribution < -0.4 is 11.1 Å². The monoisotopic (exact) mass is 301 g/mol. The molecular formula is C13H14F3N3O2. The third-order valence-electron chi connectivity index (χ3n) is 3.52. The topological polar surface area (TPSA) is 87.7 Å². The molecule has 0 saturated heterocycles. The predicted molar refractivity (Wildman–Crippen MR) is 68.4 cm³/mol. The molecule has 1 aromatic carbocycles. The van der Waals surface area contributed by atoms with Gasteiger partial charge >= 0.3 is 6.18 Å². The molecule has 0 unspecified atom stereocenters. The molecule has 1 amide bonds. The summed E-state index contributed by atoms with van der Waals surface area (Å²) in [6.45, 7) is 0.0808. The molecule has 0 spiro atoms. The molecule has 2 rings (SSSR count). The van der Waals surface area contributed by atoms with Crippen LogP contribution in [0, 0.1) is 5.41 Å². The maximum absolute atomic E-state index is 12.4. The summed E-state index contributed by atoms with van der Waals surface area (Å²) in [5.41, 5.74) is 4.28. The van der Waals surface area contributed by atoms with Crippen LogP contribution in [0.1, 0.15) is 24.0 Å². The lowest BCUT2D eigenvalue weighted by atomic mass is 10.0. The minimum atomic E-state index is -4.38. The average molecular weight is 301 g/mol. The summed E-state index contributed by atoms with van der Waals surface area (Å²) in [6.07, 6.45) is -3.41. The maximum Gasteiger partial charge on any atom is 0.416 e. The Morgan fingerprint density at radius 3 is 2.33 bits per heavy atom. The van der Waals surface area contributed by atoms with Crippen molar-refractivity contribution in [1.82, 2.24) is 5.32 Å². The van der Waals surface area contributed by atoms with Gasteiger partial charge in [-0.25, -0.2) is 0 Å². The molecule has 0 aliphatic heterocycles. The smallest absolute Gasteiger partial charge is 0.409 e. The highest BCUT2D eigenvalue weighted by Crippen LogP contribution is 2.46. The van der Waals surface area contributed by atoms with Crippen LogP contribution >= 0.6 is 0 Å². The number of alkyl halides is 3. The summed E-state index contributed by atoms with van der Waals surface area (Å²) < 4.78 is 37.2. The van der Waals surface area contributed by atoms with Crippen molar-refractivity contribution in [2.75, 3.05) is 0 Å². The first-order valence-electron chi connectivity index (χ1n) is 6.22. The number of amides is 1. The molecule has 21 heavy (non-hydrogen) atoms. The second-order valence-corrected chi connectivity index (χ2v) is 4.94. The van der Waals surface area contributed by atoms with Gasteiger partial charge in [-0.05, 0) is 30.5 Å². The molecule has 1 aliphatic carbocycles. The third kappa shape index (κ3) is 3.09. The van der Waals surface area contributed by atoms with E-state index >= 15 is 0 Å². The SMILES string of the molecule is N/C(=N/O)C1(C(=O)NCc2ccc(C(F)(F)F)cc2)CC1. The first kappa shape index (κ1) is 15.1. The highest BCUT2D eigenvalue weighted by atomic mass is 19.4. The first-order chi connectivity index (χ1) is 9.79. The van der Waals surface area contributed by atoms with Gasteiger partial charge in [0.25, 0.3) is 0 Å². The number of hydrogen-bond acceptors (Lipinski definition) is 3. The Hall–Kier alpha value is -2.25. The van der Waals surface area contributed by atoms with E-state index in [9.17, 15) is 18.0 Å². The molecule has 0 heterocycles. The number of oxime groups is 1. The Morgan fingerprint density at radius 2 is 1.90 bits per heavy atom. The molecule has 1 aliphatic rings. The molecule has 8 heteroatoms. The van der Waals surface area contributed by atoms with E-state index < -0.39 is 23.1 Å². The van der Waals surface area contributed by atoms with Crippen LogP contribution in [-0.4, -0.2) is 17.0 Å². The van der Waals surface area contributed by atoms with Crippen LogP contribution in [0.5, 0.6) is 0 Å². The van der Waals surface area contributed by atoms with E-state index in [1.54, 1.807) is 0 Å². The summed E-state index contributed by atoms with van der Waals surface area (Å²) in [6, 6.07) is 4.51. The van der Waals surface area contributed by atoms with E-state index in [2.05, 4.69) is 10.5 Å². The molecule has 5 nitrogen and oxygen atoms in total. The van der Waals surface area contributed by atoms with Crippen LogP contribution in [0.4, 0.5) is 13.2 Å². The van der Waals surface area contributed by atoms with E-state index in [4.69, 9.17) is 10.9 Å². The normalized spacial score (nSPS) is 17.4. The van der Waals surface area contributed by atoms with Gasteiger partial charge in [-0.15, -0.1) is 0 Å². The number of carbonyl (C=O) groups excluding carboxylic acids is 1. The van der Waals surface area contributed by atoms with Crippen molar-refractivity contribution >= 4 is 11.7 Å². The van der Waals surface area contributed by atoms with Gasteiger partial charge in [0.1, 0.15) is 5.41 Å². The van der Waals surface area contributed by atoms with Gasteiger partial charge in [-0.3, -0.25) is 4.79 Å². The molecule has 4 N–H and O–H groups in total. The van der Waals surface area contributed by atoms with Gasteiger partial charge in [-0.2, -0.15) is 13.2 Å². The second kappa shape index (κ2) is 5.27. The van der Waals surface area contributed by atoms with Gasteiger partial charge in [0, 0.05) is 6.54 Å². The van der Waals surface area contributed by atoms with Crippen LogP contribution in [0.3, 0.4) is 0 Å². The van der Waals surface area contributed by atoms with Gasteiger partial charge in [0.2, 0.25) is 5.91 Å². The number of hydrogen-bond donors (Lipinski definition) is 3. The Labute approximate surface area is 118 Å². The zero-order valence-corrected chi connectivity index (χ0v) is 10.9. The number of benzene rings is 1. The standard InChI is InChI=1S/C13H14F3N3O2/c14-13(15,16)9-3-1-8(2-4-9)7-18-11(20)12(5-6-12)10(17)19-21/h1-4,21H,5-7H2,(H2,17,19)(H,18,20). The molecular weight excluding hydrogens is 287 g/mol. The number of halogens is 3. The van der Waals surface area contributed by atoms with Crippen molar-refractivity contribution in [1.29, 1.82) is 0 Å². The van der Waals surface area contributed by atoms with Crippen LogP contribution in [0.2, 0.25) is 0 Å². The Bertz CT molecular complexity index is 563. The molecule has 0 aromatic heterocycles. The fourth-order valence-corrected chi connectivity index (χ4v) is 1.98. The quantitative estimate of drug-likeness (QED) is 0.343. The number of nitrogens with zero attached hydrogens (tertiary/aromatic N) is 1. The first-order valence-corrected chi connectivity index (χ1v) is 6.22. The predicted octanol–water partition coefficient (Wildman–Crippen LogP) is 1.85. The highest BCUT2D eigenvalue weighted by molar-refractivity contribution is 6.09.